The van der Waals surface area contributed by atoms with Gasteiger partial charge in [-0.05, 0) is 62.6 Å². The second-order valence-electron chi connectivity index (χ2n) is 10.8. The third-order valence-corrected chi connectivity index (χ3v) is 8.85. The second kappa shape index (κ2) is 13.3. The Morgan fingerprint density at radius 3 is 2.45 bits per heavy atom. The molecule has 0 radical (unpaired) electrons. The number of nitrogens with one attached hydrogen (secondary N) is 2. The monoisotopic (exact) mass is 591 g/mol. The van der Waals surface area contributed by atoms with Crippen LogP contribution in [0.25, 0.3) is 0 Å². The lowest BCUT2D eigenvalue weighted by Gasteiger charge is -2.33. The van der Waals surface area contributed by atoms with Crippen molar-refractivity contribution < 1.29 is 29.3 Å². The van der Waals surface area contributed by atoms with E-state index >= 15 is 0 Å². The van der Waals surface area contributed by atoms with Gasteiger partial charge in [-0.2, -0.15) is 0 Å². The zero-order valence-electron chi connectivity index (χ0n) is 24.2. The molecule has 0 spiro atoms. The smallest absolute Gasteiger partial charge is 0.254 e. The fourth-order valence-electron chi connectivity index (χ4n) is 5.05. The van der Waals surface area contributed by atoms with E-state index < -0.39 is 34.7 Å². The van der Waals surface area contributed by atoms with Gasteiger partial charge in [-0.1, -0.05) is 48.5 Å². The normalized spacial score (nSPS) is 17.3. The number of methoxy groups -OCH3 is 1. The van der Waals surface area contributed by atoms with Crippen molar-refractivity contribution in [2.24, 2.45) is 0 Å². The van der Waals surface area contributed by atoms with E-state index in [1.807, 2.05) is 68.4 Å². The third kappa shape index (κ3) is 7.06. The molecule has 4 rings (SSSR count). The Hall–Kier alpha value is -4.02. The van der Waals surface area contributed by atoms with Gasteiger partial charge in [-0.3, -0.25) is 14.4 Å². The average Bonchev–Trinajstić information content (AvgIpc) is 3.31. The lowest BCUT2D eigenvalue weighted by atomic mass is 9.96. The number of carbonyl (C=O) groups is 3. The Morgan fingerprint density at radius 2 is 1.74 bits per heavy atom. The van der Waals surface area contributed by atoms with Gasteiger partial charge in [0.25, 0.3) is 11.8 Å². The summed E-state index contributed by atoms with van der Waals surface area (Å²) >= 11 is 1.45. The summed E-state index contributed by atoms with van der Waals surface area (Å²) in [6, 6.07) is 19.3. The van der Waals surface area contributed by atoms with Gasteiger partial charge in [0.15, 0.2) is 6.10 Å². The number of aliphatic hydroxyl groups is 1. The summed E-state index contributed by atoms with van der Waals surface area (Å²) in [5.74, 6) is -0.669. The van der Waals surface area contributed by atoms with Crippen molar-refractivity contribution in [3.63, 3.8) is 0 Å². The average molecular weight is 592 g/mol. The second-order valence-corrected chi connectivity index (χ2v) is 12.4. The number of hydrogen-bond acceptors (Lipinski definition) is 7. The largest absolute Gasteiger partial charge is 0.508 e. The van der Waals surface area contributed by atoms with Crippen LogP contribution in [0.2, 0.25) is 0 Å². The maximum absolute atomic E-state index is 13.9. The first-order chi connectivity index (χ1) is 20.0. The fraction of sp³-hybridized carbons (Fsp3) is 0.344. The predicted molar refractivity (Wildman–Crippen MR) is 162 cm³/mol. The zero-order valence-corrected chi connectivity index (χ0v) is 25.0. The fourth-order valence-corrected chi connectivity index (χ4v) is 6.19. The van der Waals surface area contributed by atoms with Crippen LogP contribution in [0.4, 0.5) is 0 Å². The van der Waals surface area contributed by atoms with E-state index in [1.54, 1.807) is 26.2 Å². The number of rotatable bonds is 10. The number of aromatic hydroxyl groups is 1. The number of hydrogen-bond donors (Lipinski definition) is 4. The number of amides is 3. The van der Waals surface area contributed by atoms with E-state index in [9.17, 15) is 24.6 Å². The quantitative estimate of drug-likeness (QED) is 0.285. The van der Waals surface area contributed by atoms with E-state index in [0.717, 1.165) is 11.1 Å². The highest BCUT2D eigenvalue weighted by Gasteiger charge is 2.49. The molecule has 222 valence electrons. The minimum Gasteiger partial charge on any atom is -0.508 e. The van der Waals surface area contributed by atoms with Crippen molar-refractivity contribution in [1.29, 1.82) is 0 Å². The lowest BCUT2D eigenvalue weighted by molar-refractivity contribution is -0.147. The number of phenolic OH excluding ortho intramolecular Hbond substituents is 1. The van der Waals surface area contributed by atoms with Crippen molar-refractivity contribution in [1.82, 2.24) is 15.5 Å². The molecule has 3 aromatic rings. The summed E-state index contributed by atoms with van der Waals surface area (Å²) in [4.78, 5) is 42.0. The van der Waals surface area contributed by atoms with Gasteiger partial charge in [0.05, 0.1) is 19.0 Å². The van der Waals surface area contributed by atoms with Gasteiger partial charge in [-0.25, -0.2) is 0 Å². The molecular formula is C32H37N3O6S. The van der Waals surface area contributed by atoms with Crippen LogP contribution in [-0.4, -0.2) is 68.8 Å². The van der Waals surface area contributed by atoms with E-state index in [2.05, 4.69) is 10.6 Å². The molecule has 4 N–H and O–H groups in total. The third-order valence-electron chi connectivity index (χ3n) is 7.48. The van der Waals surface area contributed by atoms with Crippen LogP contribution in [-0.2, 0) is 22.6 Å². The lowest BCUT2D eigenvalue weighted by Crippen LogP contribution is -2.58. The number of benzene rings is 3. The van der Waals surface area contributed by atoms with Gasteiger partial charge < -0.3 is 30.5 Å². The van der Waals surface area contributed by atoms with Crippen molar-refractivity contribution in [3.8, 4) is 11.5 Å². The molecule has 0 saturated carbocycles. The van der Waals surface area contributed by atoms with E-state index in [-0.39, 0.29) is 36.1 Å². The molecule has 0 aliphatic carbocycles. The van der Waals surface area contributed by atoms with Crippen LogP contribution in [0, 0.1) is 6.92 Å². The molecule has 3 aromatic carbocycles. The van der Waals surface area contributed by atoms with E-state index in [1.165, 1.54) is 22.7 Å². The first kappa shape index (κ1) is 30.9. The van der Waals surface area contributed by atoms with Gasteiger partial charge in [0, 0.05) is 22.4 Å². The molecule has 1 fully saturated rings. The van der Waals surface area contributed by atoms with E-state index in [4.69, 9.17) is 4.74 Å². The number of carbonyl (C=O) groups excluding carboxylic acids is 3. The summed E-state index contributed by atoms with van der Waals surface area (Å²) in [6.07, 6.45) is -1.45. The van der Waals surface area contributed by atoms with Crippen molar-refractivity contribution in [3.05, 3.63) is 95.1 Å². The maximum atomic E-state index is 13.9. The van der Waals surface area contributed by atoms with Crippen molar-refractivity contribution in [2.75, 3.05) is 13.0 Å². The molecule has 1 aliphatic heterocycles. The number of thioether (sulfide) groups is 1. The summed E-state index contributed by atoms with van der Waals surface area (Å²) in [6.45, 7) is 5.64. The molecule has 1 aliphatic rings. The molecule has 3 unspecified atom stereocenters. The Bertz CT molecular complexity index is 1430. The van der Waals surface area contributed by atoms with Crippen LogP contribution in [0.1, 0.15) is 40.9 Å². The van der Waals surface area contributed by atoms with Crippen molar-refractivity contribution in [2.45, 2.75) is 56.7 Å². The highest BCUT2D eigenvalue weighted by molar-refractivity contribution is 8.00. The Kier molecular flexibility index (Phi) is 9.80. The SMILES string of the molecule is COc1cccc(CNC(=O)C2N(C(=O)C(O)C(Cc3ccccc3)NC(=O)c3cccc(O)c3C)CSC2(C)C)c1. The van der Waals surface area contributed by atoms with Crippen LogP contribution in [0.5, 0.6) is 11.5 Å². The van der Waals surface area contributed by atoms with Gasteiger partial charge in [0.2, 0.25) is 5.91 Å². The molecule has 1 saturated heterocycles. The molecule has 42 heavy (non-hydrogen) atoms. The minimum atomic E-state index is -1.63. The summed E-state index contributed by atoms with van der Waals surface area (Å²) in [5.41, 5.74) is 2.28. The van der Waals surface area contributed by atoms with Crippen LogP contribution in [0.15, 0.2) is 72.8 Å². The molecule has 0 aromatic heterocycles. The Balaban J connectivity index is 1.55. The molecular weight excluding hydrogens is 554 g/mol. The van der Waals surface area contributed by atoms with Crippen molar-refractivity contribution >= 4 is 29.5 Å². The van der Waals surface area contributed by atoms with E-state index in [0.29, 0.717) is 11.3 Å². The number of nitrogens with zero attached hydrogens (tertiary/aromatic N) is 1. The number of aliphatic hydroxyl groups excluding tert-OH is 1. The Morgan fingerprint density at radius 1 is 1.05 bits per heavy atom. The summed E-state index contributed by atoms with van der Waals surface area (Å²) in [5, 5.41) is 27.3. The van der Waals surface area contributed by atoms with Crippen LogP contribution >= 0.6 is 11.8 Å². The highest BCUT2D eigenvalue weighted by Crippen LogP contribution is 2.40. The van der Waals surface area contributed by atoms with Crippen LogP contribution in [0.3, 0.4) is 0 Å². The van der Waals surface area contributed by atoms with Gasteiger partial charge in [0.1, 0.15) is 17.5 Å². The molecule has 10 heteroatoms. The van der Waals surface area contributed by atoms with Crippen LogP contribution < -0.4 is 15.4 Å². The molecule has 1 heterocycles. The standard InChI is InChI=1S/C32H37N3O6S/c1-20-24(14-9-15-26(20)36)29(38)34-25(17-21-10-6-5-7-11-21)27(37)31(40)35-19-42-32(2,3)28(35)30(39)33-18-22-12-8-13-23(16-22)41-4/h5-16,25,27-28,36-37H,17-19H2,1-4H3,(H,33,39)(H,34,38). The minimum absolute atomic E-state index is 0.0296. The first-order valence-electron chi connectivity index (χ1n) is 13.7. The van der Waals surface area contributed by atoms with Gasteiger partial charge in [-0.15, -0.1) is 11.8 Å². The first-order valence-corrected chi connectivity index (χ1v) is 14.7. The maximum Gasteiger partial charge on any atom is 0.254 e. The van der Waals surface area contributed by atoms with Gasteiger partial charge >= 0.3 is 0 Å². The molecule has 3 amide bonds. The Labute approximate surface area is 250 Å². The molecule has 3 atom stereocenters. The predicted octanol–water partition coefficient (Wildman–Crippen LogP) is 3.41. The highest BCUT2D eigenvalue weighted by atomic mass is 32.2. The molecule has 0 bridgehead atoms. The summed E-state index contributed by atoms with van der Waals surface area (Å²) < 4.78 is 4.64. The zero-order chi connectivity index (χ0) is 30.4. The topological polar surface area (TPSA) is 128 Å². The number of ether oxygens (including phenoxy) is 1. The molecule has 9 nitrogen and oxygen atoms in total. The summed E-state index contributed by atoms with van der Waals surface area (Å²) in [7, 11) is 1.57. The number of phenols is 1.